The van der Waals surface area contributed by atoms with Gasteiger partial charge < -0.3 is 9.30 Å². The molecule has 0 bridgehead atoms. The molecule has 3 rings (SSSR count). The van der Waals surface area contributed by atoms with Crippen LogP contribution in [0.3, 0.4) is 0 Å². The van der Waals surface area contributed by atoms with E-state index in [1.807, 2.05) is 30.5 Å². The SMILES string of the molecule is CCn1c(SCc2ccc(Cl)c(Cl)c2)nnc1C(C)Oc1ccc(F)cc1. The molecule has 0 saturated heterocycles. The zero-order valence-electron chi connectivity index (χ0n) is 14.8. The number of aromatic nitrogens is 3. The van der Waals surface area contributed by atoms with Crippen LogP contribution in [0.2, 0.25) is 10.0 Å². The second-order valence-corrected chi connectivity index (χ2v) is 7.59. The molecule has 0 N–H and O–H groups in total. The predicted molar refractivity (Wildman–Crippen MR) is 107 cm³/mol. The van der Waals surface area contributed by atoms with E-state index in [0.717, 1.165) is 16.5 Å². The van der Waals surface area contributed by atoms with Gasteiger partial charge >= 0.3 is 0 Å². The molecule has 1 atom stereocenters. The summed E-state index contributed by atoms with van der Waals surface area (Å²) in [7, 11) is 0. The third-order valence-electron chi connectivity index (χ3n) is 3.90. The molecule has 4 nitrogen and oxygen atoms in total. The van der Waals surface area contributed by atoms with E-state index in [-0.39, 0.29) is 11.9 Å². The highest BCUT2D eigenvalue weighted by atomic mass is 35.5. The lowest BCUT2D eigenvalue weighted by molar-refractivity contribution is 0.209. The summed E-state index contributed by atoms with van der Waals surface area (Å²) < 4.78 is 20.9. The normalized spacial score (nSPS) is 12.2. The Morgan fingerprint density at radius 2 is 1.85 bits per heavy atom. The largest absolute Gasteiger partial charge is 0.483 e. The summed E-state index contributed by atoms with van der Waals surface area (Å²) in [5.74, 6) is 1.70. The van der Waals surface area contributed by atoms with Gasteiger partial charge in [0.15, 0.2) is 17.1 Å². The second kappa shape index (κ2) is 8.95. The van der Waals surface area contributed by atoms with E-state index in [1.165, 1.54) is 12.1 Å². The number of nitrogens with zero attached hydrogens (tertiary/aromatic N) is 3. The number of hydrogen-bond donors (Lipinski definition) is 0. The molecule has 0 saturated carbocycles. The van der Waals surface area contributed by atoms with E-state index in [9.17, 15) is 4.39 Å². The van der Waals surface area contributed by atoms with Crippen molar-refractivity contribution < 1.29 is 9.13 Å². The highest BCUT2D eigenvalue weighted by molar-refractivity contribution is 7.98. The van der Waals surface area contributed by atoms with Crippen molar-refractivity contribution in [2.45, 2.75) is 37.4 Å². The maximum atomic E-state index is 13.0. The van der Waals surface area contributed by atoms with E-state index in [2.05, 4.69) is 10.2 Å². The van der Waals surface area contributed by atoms with E-state index in [1.54, 1.807) is 30.0 Å². The third kappa shape index (κ3) is 4.94. The van der Waals surface area contributed by atoms with Gasteiger partial charge in [-0.2, -0.15) is 0 Å². The number of thioether (sulfide) groups is 1. The first-order valence-electron chi connectivity index (χ1n) is 8.40. The molecule has 27 heavy (non-hydrogen) atoms. The smallest absolute Gasteiger partial charge is 0.191 e. The van der Waals surface area contributed by atoms with Crippen molar-refractivity contribution in [3.63, 3.8) is 0 Å². The number of rotatable bonds is 7. The topological polar surface area (TPSA) is 39.9 Å². The molecule has 0 aliphatic rings. The van der Waals surface area contributed by atoms with Gasteiger partial charge in [-0.1, -0.05) is 41.0 Å². The van der Waals surface area contributed by atoms with Gasteiger partial charge in [0.25, 0.3) is 0 Å². The standard InChI is InChI=1S/C19H18Cl2FN3OS/c1-3-25-18(12(2)26-15-7-5-14(22)6-8-15)23-24-19(25)27-11-13-4-9-16(20)17(21)10-13/h4-10,12H,3,11H2,1-2H3. The molecule has 2 aromatic carbocycles. The number of benzene rings is 2. The summed E-state index contributed by atoms with van der Waals surface area (Å²) in [6.07, 6.45) is -0.317. The van der Waals surface area contributed by atoms with Crippen LogP contribution < -0.4 is 4.74 Å². The first kappa shape index (κ1) is 20.0. The fourth-order valence-electron chi connectivity index (χ4n) is 2.55. The lowest BCUT2D eigenvalue weighted by Gasteiger charge is -2.15. The second-order valence-electron chi connectivity index (χ2n) is 5.84. The molecule has 0 aliphatic heterocycles. The molecule has 1 unspecified atom stereocenters. The van der Waals surface area contributed by atoms with Crippen molar-refractivity contribution in [1.29, 1.82) is 0 Å². The lowest BCUT2D eigenvalue weighted by atomic mass is 10.2. The maximum absolute atomic E-state index is 13.0. The highest BCUT2D eigenvalue weighted by Crippen LogP contribution is 2.29. The summed E-state index contributed by atoms with van der Waals surface area (Å²) in [5, 5.41) is 10.5. The first-order chi connectivity index (χ1) is 13.0. The van der Waals surface area contributed by atoms with Gasteiger partial charge in [-0.15, -0.1) is 10.2 Å². The fourth-order valence-corrected chi connectivity index (χ4v) is 3.83. The molecule has 0 fully saturated rings. The van der Waals surface area contributed by atoms with Gasteiger partial charge in [0, 0.05) is 12.3 Å². The minimum atomic E-state index is -0.317. The van der Waals surface area contributed by atoms with Crippen LogP contribution in [-0.4, -0.2) is 14.8 Å². The van der Waals surface area contributed by atoms with Crippen molar-refractivity contribution in [3.8, 4) is 5.75 Å². The third-order valence-corrected chi connectivity index (χ3v) is 5.68. The van der Waals surface area contributed by atoms with Crippen LogP contribution in [-0.2, 0) is 12.3 Å². The van der Waals surface area contributed by atoms with Gasteiger partial charge in [0.1, 0.15) is 11.6 Å². The van der Waals surface area contributed by atoms with Crippen molar-refractivity contribution >= 4 is 35.0 Å². The van der Waals surface area contributed by atoms with Crippen LogP contribution in [0.1, 0.15) is 31.3 Å². The Morgan fingerprint density at radius 1 is 1.11 bits per heavy atom. The van der Waals surface area contributed by atoms with Crippen LogP contribution >= 0.6 is 35.0 Å². The molecule has 3 aromatic rings. The molecule has 0 amide bonds. The Morgan fingerprint density at radius 3 is 2.52 bits per heavy atom. The van der Waals surface area contributed by atoms with E-state index < -0.39 is 0 Å². The average Bonchev–Trinajstić information content (AvgIpc) is 3.07. The van der Waals surface area contributed by atoms with Gasteiger partial charge in [0.2, 0.25) is 0 Å². The molecule has 8 heteroatoms. The van der Waals surface area contributed by atoms with Gasteiger partial charge in [-0.3, -0.25) is 0 Å². The molecule has 1 heterocycles. The number of ether oxygens (including phenoxy) is 1. The molecular weight excluding hydrogens is 408 g/mol. The summed E-state index contributed by atoms with van der Waals surface area (Å²) in [5.41, 5.74) is 1.05. The van der Waals surface area contributed by atoms with Crippen molar-refractivity contribution in [3.05, 3.63) is 69.7 Å². The quantitative estimate of drug-likeness (QED) is 0.423. The van der Waals surface area contributed by atoms with E-state index >= 15 is 0 Å². The van der Waals surface area contributed by atoms with E-state index in [0.29, 0.717) is 28.1 Å². The van der Waals surface area contributed by atoms with Gasteiger partial charge in [0.05, 0.1) is 10.0 Å². The molecule has 0 radical (unpaired) electrons. The minimum absolute atomic E-state index is 0.298. The molecular formula is C19H18Cl2FN3OS. The Bertz CT molecular complexity index is 918. The fraction of sp³-hybridized carbons (Fsp3) is 0.263. The number of hydrogen-bond acceptors (Lipinski definition) is 4. The van der Waals surface area contributed by atoms with Crippen LogP contribution in [0.5, 0.6) is 5.75 Å². The van der Waals surface area contributed by atoms with Gasteiger partial charge in [-0.25, -0.2) is 4.39 Å². The maximum Gasteiger partial charge on any atom is 0.191 e. The van der Waals surface area contributed by atoms with Crippen LogP contribution in [0.25, 0.3) is 0 Å². The van der Waals surface area contributed by atoms with Crippen LogP contribution in [0.4, 0.5) is 4.39 Å². The first-order valence-corrected chi connectivity index (χ1v) is 10.1. The molecule has 0 aliphatic carbocycles. The zero-order chi connectivity index (χ0) is 19.4. The summed E-state index contributed by atoms with van der Waals surface area (Å²) in [6, 6.07) is 11.5. The highest BCUT2D eigenvalue weighted by Gasteiger charge is 2.19. The van der Waals surface area contributed by atoms with Crippen molar-refractivity contribution in [1.82, 2.24) is 14.8 Å². The molecule has 0 spiro atoms. The summed E-state index contributed by atoms with van der Waals surface area (Å²) >= 11 is 13.6. The predicted octanol–water partition coefficient (Wildman–Crippen LogP) is 6.18. The number of halogens is 3. The monoisotopic (exact) mass is 425 g/mol. The lowest BCUT2D eigenvalue weighted by Crippen LogP contribution is -2.12. The Hall–Kier alpha value is -1.76. The summed E-state index contributed by atoms with van der Waals surface area (Å²) in [6.45, 7) is 4.64. The Kier molecular flexibility index (Phi) is 6.63. The van der Waals surface area contributed by atoms with Crippen molar-refractivity contribution in [2.75, 3.05) is 0 Å². The Balaban J connectivity index is 1.71. The molecule has 1 aromatic heterocycles. The average molecular weight is 426 g/mol. The van der Waals surface area contributed by atoms with Gasteiger partial charge in [-0.05, 0) is 55.8 Å². The van der Waals surface area contributed by atoms with E-state index in [4.69, 9.17) is 27.9 Å². The molecule has 142 valence electrons. The van der Waals surface area contributed by atoms with Crippen LogP contribution in [0.15, 0.2) is 47.6 Å². The zero-order valence-corrected chi connectivity index (χ0v) is 17.2. The minimum Gasteiger partial charge on any atom is -0.483 e. The Labute approximate surface area is 171 Å². The van der Waals surface area contributed by atoms with Crippen molar-refractivity contribution in [2.24, 2.45) is 0 Å². The summed E-state index contributed by atoms with van der Waals surface area (Å²) in [4.78, 5) is 0. The van der Waals surface area contributed by atoms with Crippen LogP contribution in [0, 0.1) is 5.82 Å².